The van der Waals surface area contributed by atoms with Crippen LogP contribution in [0, 0.1) is 16.6 Å². The van der Waals surface area contributed by atoms with Crippen LogP contribution in [0.5, 0.6) is 11.6 Å². The summed E-state index contributed by atoms with van der Waals surface area (Å²) in [6, 6.07) is 8.33. The zero-order valence-electron chi connectivity index (χ0n) is 20.0. The summed E-state index contributed by atoms with van der Waals surface area (Å²) in [5.74, 6) is 0.278. The minimum absolute atomic E-state index is 0.0159. The number of benzene rings is 1. The van der Waals surface area contributed by atoms with Crippen LogP contribution in [0.15, 0.2) is 36.7 Å². The Hall–Kier alpha value is -3.29. The maximum absolute atomic E-state index is 15.1. The Morgan fingerprint density at radius 1 is 1.03 bits per heavy atom. The number of hydrogen-bond donors (Lipinski definition) is 1. The third-order valence-electron chi connectivity index (χ3n) is 7.67. The Balaban J connectivity index is 1.39. The lowest BCUT2D eigenvalue weighted by Gasteiger charge is -2.44. The molecule has 3 aromatic rings. The zero-order valence-corrected chi connectivity index (χ0v) is 20.0. The largest absolute Gasteiger partial charge is 0.507 e. The van der Waals surface area contributed by atoms with Gasteiger partial charge in [-0.25, -0.2) is 14.4 Å². The standard InChI is InChI=1S/C26H30FN5O2/c1-25-7-8-26(2,14-25)13-17(12-25)32(3)22-6-5-19(30-31-22)24-18(27)9-16(10-21(24)33)20-11-23(34-4)29-15-28-20/h5-6,9-11,15,17,33H,7-8,12-14H2,1-4H3/t17-,25-,26+. The van der Waals surface area contributed by atoms with E-state index >= 15 is 4.39 Å². The summed E-state index contributed by atoms with van der Waals surface area (Å²) < 4.78 is 20.2. The molecule has 2 aliphatic carbocycles. The fourth-order valence-corrected chi connectivity index (χ4v) is 6.08. The van der Waals surface area contributed by atoms with Crippen molar-refractivity contribution in [1.82, 2.24) is 20.2 Å². The molecule has 5 rings (SSSR count). The van der Waals surface area contributed by atoms with Gasteiger partial charge in [0.15, 0.2) is 5.82 Å². The van der Waals surface area contributed by atoms with Crippen molar-refractivity contribution in [3.05, 3.63) is 42.5 Å². The van der Waals surface area contributed by atoms with Gasteiger partial charge in [0.05, 0.1) is 24.1 Å². The minimum atomic E-state index is -0.604. The first-order chi connectivity index (χ1) is 16.2. The molecule has 1 N–H and O–H groups in total. The molecule has 2 heterocycles. The average Bonchev–Trinajstić information content (AvgIpc) is 3.05. The van der Waals surface area contributed by atoms with E-state index in [0.29, 0.717) is 34.0 Å². The summed E-state index contributed by atoms with van der Waals surface area (Å²) in [5.41, 5.74) is 1.94. The zero-order chi connectivity index (χ0) is 24.1. The number of rotatable bonds is 5. The molecule has 0 amide bonds. The fourth-order valence-electron chi connectivity index (χ4n) is 6.08. The van der Waals surface area contributed by atoms with Crippen LogP contribution < -0.4 is 9.64 Å². The molecule has 0 unspecified atom stereocenters. The van der Waals surface area contributed by atoms with Gasteiger partial charge < -0.3 is 14.7 Å². The Bertz CT molecular complexity index is 1180. The highest BCUT2D eigenvalue weighted by Crippen LogP contribution is 2.58. The average molecular weight is 464 g/mol. The number of phenols is 1. The highest BCUT2D eigenvalue weighted by atomic mass is 19.1. The van der Waals surface area contributed by atoms with Gasteiger partial charge in [-0.3, -0.25) is 0 Å². The summed E-state index contributed by atoms with van der Waals surface area (Å²) in [5, 5.41) is 19.3. The van der Waals surface area contributed by atoms with Gasteiger partial charge in [-0.1, -0.05) is 13.8 Å². The maximum atomic E-state index is 15.1. The number of hydrogen-bond acceptors (Lipinski definition) is 7. The molecule has 2 fully saturated rings. The topological polar surface area (TPSA) is 84.3 Å². The van der Waals surface area contributed by atoms with Gasteiger partial charge in [-0.2, -0.15) is 0 Å². The van der Waals surface area contributed by atoms with Gasteiger partial charge in [-0.05, 0) is 67.2 Å². The maximum Gasteiger partial charge on any atom is 0.216 e. The molecule has 8 heteroatoms. The van der Waals surface area contributed by atoms with Crippen molar-refractivity contribution in [2.24, 2.45) is 10.8 Å². The van der Waals surface area contributed by atoms with Crippen molar-refractivity contribution in [1.29, 1.82) is 0 Å². The van der Waals surface area contributed by atoms with Crippen molar-refractivity contribution < 1.29 is 14.2 Å². The number of ether oxygens (including phenoxy) is 1. The number of methoxy groups -OCH3 is 1. The molecule has 2 aliphatic rings. The van der Waals surface area contributed by atoms with E-state index in [-0.39, 0.29) is 17.0 Å². The van der Waals surface area contributed by atoms with Crippen LogP contribution in [-0.2, 0) is 0 Å². The number of fused-ring (bicyclic) bond motifs is 2. The van der Waals surface area contributed by atoms with E-state index in [2.05, 4.69) is 46.0 Å². The molecule has 3 atom stereocenters. The first kappa shape index (κ1) is 22.5. The smallest absolute Gasteiger partial charge is 0.216 e. The van der Waals surface area contributed by atoms with Gasteiger partial charge in [-0.15, -0.1) is 10.2 Å². The Morgan fingerprint density at radius 3 is 2.38 bits per heavy atom. The predicted octanol–water partition coefficient (Wildman–Crippen LogP) is 5.25. The molecular weight excluding hydrogens is 433 g/mol. The molecule has 178 valence electrons. The quantitative estimate of drug-likeness (QED) is 0.553. The number of nitrogens with zero attached hydrogens (tertiary/aromatic N) is 5. The van der Waals surface area contributed by atoms with E-state index in [1.165, 1.54) is 44.8 Å². The van der Waals surface area contributed by atoms with Crippen LogP contribution in [0.1, 0.15) is 46.0 Å². The van der Waals surface area contributed by atoms with E-state index in [9.17, 15) is 5.11 Å². The minimum Gasteiger partial charge on any atom is -0.507 e. The Kier molecular flexibility index (Phi) is 5.41. The van der Waals surface area contributed by atoms with Crippen LogP contribution in [-0.4, -0.2) is 45.5 Å². The van der Waals surface area contributed by atoms with Crippen molar-refractivity contribution in [2.75, 3.05) is 19.1 Å². The van der Waals surface area contributed by atoms with Crippen molar-refractivity contribution >= 4 is 5.82 Å². The summed E-state index contributed by atoms with van der Waals surface area (Å²) >= 11 is 0. The van der Waals surface area contributed by atoms with Crippen LogP contribution in [0.3, 0.4) is 0 Å². The van der Waals surface area contributed by atoms with Crippen molar-refractivity contribution in [3.8, 4) is 34.1 Å². The Morgan fingerprint density at radius 2 is 1.76 bits per heavy atom. The summed E-state index contributed by atoms with van der Waals surface area (Å²) in [4.78, 5) is 10.3. The third-order valence-corrected chi connectivity index (χ3v) is 7.67. The number of aromatic hydroxyl groups is 1. The summed E-state index contributed by atoms with van der Waals surface area (Å²) in [7, 11) is 3.56. The van der Waals surface area contributed by atoms with E-state index in [1.807, 2.05) is 6.07 Å². The SMILES string of the molecule is COc1cc(-c2cc(O)c(-c3ccc(N(C)[C@H]4C[C@]5(C)CC[C@](C)(C4)C5)nn3)c(F)c2)ncn1. The van der Waals surface area contributed by atoms with E-state index in [4.69, 9.17) is 4.74 Å². The molecule has 0 aliphatic heterocycles. The molecule has 0 radical (unpaired) electrons. The van der Waals surface area contributed by atoms with E-state index < -0.39 is 5.82 Å². The lowest BCUT2D eigenvalue weighted by molar-refractivity contribution is 0.148. The number of phenolic OH excluding ortho intramolecular Hbond substituents is 1. The van der Waals surface area contributed by atoms with Crippen molar-refractivity contribution in [3.63, 3.8) is 0 Å². The summed E-state index contributed by atoms with van der Waals surface area (Å²) in [6.45, 7) is 4.81. The van der Waals surface area contributed by atoms with Gasteiger partial charge in [0.2, 0.25) is 5.88 Å². The Labute approximate surface area is 199 Å². The normalized spacial score (nSPS) is 25.9. The number of aromatic nitrogens is 4. The third kappa shape index (κ3) is 4.06. The van der Waals surface area contributed by atoms with Crippen LogP contribution >= 0.6 is 0 Å². The lowest BCUT2D eigenvalue weighted by atomic mass is 9.68. The van der Waals surface area contributed by atoms with Crippen molar-refractivity contribution in [2.45, 2.75) is 52.0 Å². The highest BCUT2D eigenvalue weighted by molar-refractivity contribution is 5.74. The van der Waals surface area contributed by atoms with Crippen LogP contribution in [0.25, 0.3) is 22.5 Å². The molecule has 2 aromatic heterocycles. The van der Waals surface area contributed by atoms with Gasteiger partial charge in [0.1, 0.15) is 17.9 Å². The fraction of sp³-hybridized carbons (Fsp3) is 0.462. The van der Waals surface area contributed by atoms with Crippen LogP contribution in [0.4, 0.5) is 10.2 Å². The van der Waals surface area contributed by atoms with E-state index in [1.54, 1.807) is 12.1 Å². The molecule has 7 nitrogen and oxygen atoms in total. The van der Waals surface area contributed by atoms with E-state index in [0.717, 1.165) is 18.7 Å². The summed E-state index contributed by atoms with van der Waals surface area (Å²) in [6.07, 6.45) is 7.49. The number of halogens is 1. The molecule has 0 spiro atoms. The molecule has 2 bridgehead atoms. The molecular formula is C26H30FN5O2. The number of anilines is 1. The van der Waals surface area contributed by atoms with Gasteiger partial charge in [0.25, 0.3) is 0 Å². The first-order valence-electron chi connectivity index (χ1n) is 11.6. The first-order valence-corrected chi connectivity index (χ1v) is 11.6. The second-order valence-corrected chi connectivity index (χ2v) is 10.5. The molecule has 0 saturated heterocycles. The molecule has 2 saturated carbocycles. The predicted molar refractivity (Wildman–Crippen MR) is 128 cm³/mol. The second kappa shape index (κ2) is 8.18. The molecule has 34 heavy (non-hydrogen) atoms. The van der Waals surface area contributed by atoms with Gasteiger partial charge >= 0.3 is 0 Å². The highest BCUT2D eigenvalue weighted by Gasteiger charge is 2.50. The van der Waals surface area contributed by atoms with Crippen LogP contribution in [0.2, 0.25) is 0 Å². The van der Waals surface area contributed by atoms with Gasteiger partial charge in [0, 0.05) is 24.7 Å². The molecule has 1 aromatic carbocycles. The second-order valence-electron chi connectivity index (χ2n) is 10.5. The monoisotopic (exact) mass is 463 g/mol. The lowest BCUT2D eigenvalue weighted by Crippen LogP contribution is -2.42.